The van der Waals surface area contributed by atoms with Gasteiger partial charge in [0.15, 0.2) is 28.5 Å². The van der Waals surface area contributed by atoms with Gasteiger partial charge in [0.1, 0.15) is 0 Å². The van der Waals surface area contributed by atoms with Gasteiger partial charge in [-0.15, -0.1) is 134 Å². The third-order valence-corrected chi connectivity index (χ3v) is 22.4. The van der Waals surface area contributed by atoms with Gasteiger partial charge in [0.25, 0.3) is 0 Å². The van der Waals surface area contributed by atoms with Crippen molar-refractivity contribution in [3.8, 4) is 0 Å². The van der Waals surface area contributed by atoms with Crippen LogP contribution in [-0.2, 0) is 5.41 Å². The summed E-state index contributed by atoms with van der Waals surface area (Å²) in [5.41, 5.74) is 3.45. The summed E-state index contributed by atoms with van der Waals surface area (Å²) in [5, 5.41) is 20.4. The summed E-state index contributed by atoms with van der Waals surface area (Å²) < 4.78 is 14.5. The van der Waals surface area contributed by atoms with Crippen LogP contribution in [0.5, 0.6) is 0 Å². The third kappa shape index (κ3) is 36.0. The zero-order valence-corrected chi connectivity index (χ0v) is 62.5. The lowest BCUT2D eigenvalue weighted by atomic mass is 9.93. The molecule has 1 aliphatic rings. The van der Waals surface area contributed by atoms with Gasteiger partial charge in [0.05, 0.1) is 39.7 Å². The van der Waals surface area contributed by atoms with Gasteiger partial charge in [-0.1, -0.05) is 133 Å². The first-order valence-electron chi connectivity index (χ1n) is 22.3. The van der Waals surface area contributed by atoms with Crippen molar-refractivity contribution in [1.29, 1.82) is 0 Å². The van der Waals surface area contributed by atoms with E-state index in [0.29, 0.717) is 0 Å². The fraction of sp³-hybridized carbons (Fsp3) is 0.283. The third-order valence-electron chi connectivity index (χ3n) is 7.96. The molecule has 0 atom stereocenters. The molecule has 78 heavy (non-hydrogen) atoms. The first-order chi connectivity index (χ1) is 37.0. The number of aromatic nitrogens is 7. The number of rotatable bonds is 8. The number of thioether (sulfide) groups is 3. The lowest BCUT2D eigenvalue weighted by Gasteiger charge is -2.16. The average Bonchev–Trinajstić information content (AvgIpc) is 4.28. The quantitative estimate of drug-likeness (QED) is 0.0309. The van der Waals surface area contributed by atoms with E-state index in [-0.39, 0.29) is 5.41 Å². The van der Waals surface area contributed by atoms with Crippen LogP contribution in [0.25, 0.3) is 10.2 Å². The highest BCUT2D eigenvalue weighted by Gasteiger charge is 2.18. The van der Waals surface area contributed by atoms with Crippen molar-refractivity contribution in [1.82, 2.24) is 40.7 Å². The van der Waals surface area contributed by atoms with Crippen LogP contribution in [0.2, 0.25) is 0 Å². The standard InChI is InChI=1S/C7H11NS3.C7H5NS2.C6H10N2S3.C5H8N2S4.C5H6S2.C4H5NS3.C4H5NS2.C4H4S3.C4H4S2/c1-7(2,3)4-5(9)11-6(10)8-4;9-7-8-5-3-1-2-4-6(5)10-7;1-2-3-4-10-6-8-7-5(9)11-6;8-2-1-3-10-5-7-6-4(9)11-5;1-4-2-3-5(6)7-4;1-2-3(6)8-4(7)5-2;6-4-3-5-1-2-7-4;5-3-1-2-4(6)7-3;5-4-2-1-3-6-4/h9H,1-3H3,(H,8,10);1-4H,(H,8,9);2-4H2,1H3,(H,7,9);8H,1-3H2,(H,6,9);2-3,6H,1H3;6H,1H3,(H,5,7);1-3,5-6H;1-2,5-6H;1-3,5H. The van der Waals surface area contributed by atoms with Crippen LogP contribution in [0.4, 0.5) is 0 Å². The van der Waals surface area contributed by atoms with E-state index in [9.17, 15) is 0 Å². The lowest BCUT2D eigenvalue weighted by molar-refractivity contribution is 0.562. The molecule has 0 unspecified atom stereocenters. The summed E-state index contributed by atoms with van der Waals surface area (Å²) in [5.74, 6) is 3.15. The molecule has 0 aliphatic carbocycles. The minimum absolute atomic E-state index is 0.116. The molecule has 1 aromatic carbocycles. The van der Waals surface area contributed by atoms with Crippen molar-refractivity contribution in [3.63, 3.8) is 0 Å². The Labute approximate surface area is 572 Å². The highest BCUT2D eigenvalue weighted by molar-refractivity contribution is 8.17. The van der Waals surface area contributed by atoms with Gasteiger partial charge < -0.3 is 20.3 Å². The molecule has 9 heterocycles. The molecule has 0 saturated carbocycles. The van der Waals surface area contributed by atoms with Gasteiger partial charge in [0.2, 0.25) is 0 Å². The van der Waals surface area contributed by atoms with Crippen molar-refractivity contribution >= 4 is 298 Å². The molecule has 10 rings (SSSR count). The Morgan fingerprint density at radius 1 is 0.590 bits per heavy atom. The number of para-hydroxylation sites is 1. The number of aromatic amines is 5. The van der Waals surface area contributed by atoms with E-state index in [4.69, 9.17) is 61.1 Å². The molecule has 32 heteroatoms. The van der Waals surface area contributed by atoms with Crippen molar-refractivity contribution in [2.75, 3.05) is 17.3 Å². The fourth-order valence-corrected chi connectivity index (χ4v) is 17.8. The van der Waals surface area contributed by atoms with Gasteiger partial charge in [-0.3, -0.25) is 10.2 Å². The summed E-state index contributed by atoms with van der Waals surface area (Å²) in [7, 11) is 0. The molecule has 0 spiro atoms. The fourth-order valence-electron chi connectivity index (χ4n) is 4.51. The largest absolute Gasteiger partial charge is 0.366 e. The zero-order valence-electron chi connectivity index (χ0n) is 42.3. The summed E-state index contributed by atoms with van der Waals surface area (Å²) in [6, 6.07) is 20.0. The zero-order chi connectivity index (χ0) is 58.0. The maximum atomic E-state index is 5.00. The monoisotopic (exact) mass is 1490 g/mol. The number of fused-ring (bicyclic) bond motifs is 1. The van der Waals surface area contributed by atoms with E-state index in [1.165, 1.54) is 56.4 Å². The number of H-pyrrole nitrogens is 5. The molecule has 8 aromatic heterocycles. The highest BCUT2D eigenvalue weighted by Crippen LogP contribution is 2.30. The highest BCUT2D eigenvalue weighted by atomic mass is 32.2. The van der Waals surface area contributed by atoms with Gasteiger partial charge >= 0.3 is 0 Å². The number of hydrogen-bond acceptors (Lipinski definition) is 27. The van der Waals surface area contributed by atoms with E-state index in [1.54, 1.807) is 92.0 Å². The molecule has 0 fully saturated rings. The summed E-state index contributed by atoms with van der Waals surface area (Å²) in [6.45, 7) is 12.6. The maximum Gasteiger partial charge on any atom is 0.177 e. The number of nitrogens with zero attached hydrogens (tertiary/aromatic N) is 2. The number of thiophene rings is 3. The smallest absolute Gasteiger partial charge is 0.177 e. The number of nitrogens with one attached hydrogen (secondary N) is 6. The van der Waals surface area contributed by atoms with Crippen molar-refractivity contribution in [2.24, 2.45) is 0 Å². The van der Waals surface area contributed by atoms with Crippen molar-refractivity contribution in [2.45, 2.75) is 100 Å². The molecule has 426 valence electrons. The first-order valence-corrected chi connectivity index (χ1v) is 37.5. The molecule has 0 radical (unpaired) electrons. The molecular formula is C46H58N8S24. The van der Waals surface area contributed by atoms with Gasteiger partial charge in [-0.05, 0) is 147 Å². The predicted molar refractivity (Wildman–Crippen MR) is 397 cm³/mol. The summed E-state index contributed by atoms with van der Waals surface area (Å²) in [6.07, 6.45) is 7.30. The normalized spacial score (nSPS) is 10.9. The molecule has 9 aromatic rings. The number of thiazole rings is 3. The second-order valence-electron chi connectivity index (χ2n) is 15.3. The van der Waals surface area contributed by atoms with Crippen LogP contribution in [0.15, 0.2) is 122 Å². The SMILES string of the molecule is CC(C)(C)c1[nH]c(=S)sc1S.CCCCSc1n[nH]c(=S)s1.Cc1[nH]c(=S)sc1S.Cc1ccc(S)s1.S=c1[nH]c2ccccc2s1.S=c1[nH]nc(SCCCS)s1.SC1=CNC=CS1.Sc1ccc(S)s1.Sc1cccs1. The molecule has 6 N–H and O–H groups in total. The predicted octanol–water partition coefficient (Wildman–Crippen LogP) is 22.7. The first kappa shape index (κ1) is 74.9. The Kier molecular flexibility index (Phi) is 41.7. The van der Waals surface area contributed by atoms with E-state index in [1.807, 2.05) is 78.6 Å². The van der Waals surface area contributed by atoms with Crippen LogP contribution in [0.3, 0.4) is 0 Å². The Balaban J connectivity index is 0.000000302. The second kappa shape index (κ2) is 43.4. The van der Waals surface area contributed by atoms with E-state index in [2.05, 4.69) is 188 Å². The van der Waals surface area contributed by atoms with Gasteiger partial charge in [0, 0.05) is 45.6 Å². The number of aryl methyl sites for hydroxylation is 2. The molecule has 1 aliphatic heterocycles. The molecule has 0 saturated heterocycles. The lowest BCUT2D eigenvalue weighted by Crippen LogP contribution is -2.12. The van der Waals surface area contributed by atoms with Crippen LogP contribution in [-0.4, -0.2) is 52.6 Å². The van der Waals surface area contributed by atoms with Gasteiger partial charge in [-0.2, -0.15) is 22.8 Å². The van der Waals surface area contributed by atoms with Crippen LogP contribution >= 0.6 is 288 Å². The summed E-state index contributed by atoms with van der Waals surface area (Å²) >= 11 is 75.3. The van der Waals surface area contributed by atoms with Crippen LogP contribution in [0.1, 0.15) is 63.2 Å². The Hall–Kier alpha value is 0.820. The number of unbranched alkanes of at least 4 members (excludes halogenated alkanes) is 1. The Bertz CT molecular complexity index is 3170. The number of hydrogen-bond donors (Lipinski definition) is 14. The van der Waals surface area contributed by atoms with E-state index < -0.39 is 0 Å². The van der Waals surface area contributed by atoms with Crippen LogP contribution < -0.4 is 5.32 Å². The van der Waals surface area contributed by atoms with Gasteiger partial charge in [-0.25, -0.2) is 0 Å². The Morgan fingerprint density at radius 3 is 1.46 bits per heavy atom. The minimum atomic E-state index is 0.116. The van der Waals surface area contributed by atoms with Crippen LogP contribution in [0, 0.1) is 33.6 Å². The van der Waals surface area contributed by atoms with E-state index >= 15 is 0 Å². The second-order valence-corrected chi connectivity index (χ2v) is 36.5. The average molecular weight is 1490 g/mol. The van der Waals surface area contributed by atoms with Crippen molar-refractivity contribution in [3.05, 3.63) is 124 Å². The Morgan fingerprint density at radius 2 is 1.15 bits per heavy atom. The molecule has 0 amide bonds. The van der Waals surface area contributed by atoms with E-state index in [0.717, 1.165) is 98.5 Å². The maximum absolute atomic E-state index is 5.00. The number of thiol groups is 8. The summed E-state index contributed by atoms with van der Waals surface area (Å²) in [4.78, 5) is 10.5. The molecule has 0 bridgehead atoms. The molecule has 8 nitrogen and oxygen atoms in total. The number of benzene rings is 1. The minimum Gasteiger partial charge on any atom is -0.366 e. The topological polar surface area (TPSA) is 117 Å². The van der Waals surface area contributed by atoms with Crippen molar-refractivity contribution < 1.29 is 0 Å². The molecular weight excluding hydrogens is 1430 g/mol.